The van der Waals surface area contributed by atoms with Gasteiger partial charge in [0.25, 0.3) is 5.56 Å². The lowest BCUT2D eigenvalue weighted by Gasteiger charge is -2.12. The monoisotopic (exact) mass is 347 g/mol. The van der Waals surface area contributed by atoms with Crippen molar-refractivity contribution < 1.29 is 0 Å². The number of fused-ring (bicyclic) bond motifs is 1. The van der Waals surface area contributed by atoms with Gasteiger partial charge in [0, 0.05) is 36.0 Å². The summed E-state index contributed by atoms with van der Waals surface area (Å²) in [6, 6.07) is 13.6. The molecule has 0 amide bonds. The van der Waals surface area contributed by atoms with Crippen molar-refractivity contribution in [1.82, 2.24) is 24.4 Å². The van der Waals surface area contributed by atoms with Crippen molar-refractivity contribution in [2.24, 2.45) is 0 Å². The van der Waals surface area contributed by atoms with Crippen molar-refractivity contribution in [3.05, 3.63) is 76.0 Å². The molecule has 3 heterocycles. The van der Waals surface area contributed by atoms with Crippen LogP contribution in [0.1, 0.15) is 29.8 Å². The molecule has 0 bridgehead atoms. The van der Waals surface area contributed by atoms with Crippen LogP contribution in [0.3, 0.4) is 0 Å². The maximum atomic E-state index is 12.6. The molecule has 4 rings (SSSR count). The largest absolute Gasteiger partial charge is 0.289 e. The van der Waals surface area contributed by atoms with Crippen LogP contribution in [0, 0.1) is 13.8 Å². The van der Waals surface area contributed by atoms with Crippen LogP contribution in [-0.4, -0.2) is 24.4 Å². The number of nitrogens with zero attached hydrogens (tertiary/aromatic N) is 4. The molecule has 1 atom stereocenters. The van der Waals surface area contributed by atoms with Crippen molar-refractivity contribution in [2.45, 2.75) is 33.2 Å². The summed E-state index contributed by atoms with van der Waals surface area (Å²) in [4.78, 5) is 17.4. The van der Waals surface area contributed by atoms with E-state index in [4.69, 9.17) is 4.98 Å². The Morgan fingerprint density at radius 2 is 1.92 bits per heavy atom. The molecule has 0 aliphatic rings. The maximum Gasteiger partial charge on any atom is 0.272 e. The van der Waals surface area contributed by atoms with E-state index in [9.17, 15) is 4.79 Å². The Labute approximate surface area is 151 Å². The lowest BCUT2D eigenvalue weighted by molar-refractivity contribution is 0.523. The van der Waals surface area contributed by atoms with Crippen LogP contribution < -0.4 is 5.56 Å². The number of nitrogens with one attached hydrogen (secondary N) is 1. The minimum atomic E-state index is -0.0979. The Bertz CT molecular complexity index is 1120. The second-order valence-corrected chi connectivity index (χ2v) is 6.71. The lowest BCUT2D eigenvalue weighted by atomic mass is 10.1. The molecular weight excluding hydrogens is 326 g/mol. The van der Waals surface area contributed by atoms with Crippen LogP contribution in [0.25, 0.3) is 16.9 Å². The van der Waals surface area contributed by atoms with E-state index in [2.05, 4.69) is 17.1 Å². The third-order valence-electron chi connectivity index (χ3n) is 4.82. The van der Waals surface area contributed by atoms with Crippen molar-refractivity contribution in [1.29, 1.82) is 0 Å². The smallest absolute Gasteiger partial charge is 0.272 e. The molecule has 4 aromatic rings. The molecule has 1 unspecified atom stereocenters. The lowest BCUT2D eigenvalue weighted by Crippen LogP contribution is -2.18. The predicted molar refractivity (Wildman–Crippen MR) is 101 cm³/mol. The molecule has 0 fully saturated rings. The standard InChI is InChI=1S/C20H21N5O/c1-13(12-24-14(2)9-10-21-24)17-11-18(26)25-20(22-17)15(3)19(23-25)16-7-5-4-6-8-16/h4-11,13,23H,12H2,1-3H3. The molecule has 3 aromatic heterocycles. The first-order valence-electron chi connectivity index (χ1n) is 8.70. The summed E-state index contributed by atoms with van der Waals surface area (Å²) in [5.41, 5.74) is 5.39. The third kappa shape index (κ3) is 2.73. The number of benzene rings is 1. The molecule has 1 aromatic carbocycles. The van der Waals surface area contributed by atoms with Crippen molar-refractivity contribution >= 4 is 5.65 Å². The van der Waals surface area contributed by atoms with E-state index in [-0.39, 0.29) is 11.5 Å². The zero-order chi connectivity index (χ0) is 18.3. The Hall–Kier alpha value is -3.15. The van der Waals surface area contributed by atoms with Gasteiger partial charge in [0.15, 0.2) is 5.65 Å². The number of aromatic nitrogens is 5. The SMILES string of the molecule is Cc1c(-c2ccccc2)[nH]n2c(=O)cc(C(C)Cn3nccc3C)nc12. The minimum absolute atomic E-state index is 0.0841. The van der Waals surface area contributed by atoms with E-state index in [0.29, 0.717) is 12.2 Å². The third-order valence-corrected chi connectivity index (χ3v) is 4.82. The fraction of sp³-hybridized carbons (Fsp3) is 0.250. The molecule has 0 spiro atoms. The highest BCUT2D eigenvalue weighted by atomic mass is 16.1. The average molecular weight is 347 g/mol. The highest BCUT2D eigenvalue weighted by molar-refractivity contribution is 5.70. The zero-order valence-electron chi connectivity index (χ0n) is 15.1. The molecule has 132 valence electrons. The zero-order valence-corrected chi connectivity index (χ0v) is 15.1. The molecule has 0 saturated heterocycles. The van der Waals surface area contributed by atoms with Crippen LogP contribution in [0.4, 0.5) is 0 Å². The van der Waals surface area contributed by atoms with Crippen LogP contribution >= 0.6 is 0 Å². The summed E-state index contributed by atoms with van der Waals surface area (Å²) in [5.74, 6) is 0.0841. The van der Waals surface area contributed by atoms with E-state index in [1.165, 1.54) is 4.52 Å². The molecule has 1 N–H and O–H groups in total. The Morgan fingerprint density at radius 1 is 1.15 bits per heavy atom. The number of H-pyrrole nitrogens is 1. The Kier molecular flexibility index (Phi) is 3.95. The number of aromatic amines is 1. The Balaban J connectivity index is 1.78. The first-order valence-corrected chi connectivity index (χ1v) is 8.70. The van der Waals surface area contributed by atoms with Gasteiger partial charge in [-0.1, -0.05) is 37.3 Å². The second-order valence-electron chi connectivity index (χ2n) is 6.71. The first-order chi connectivity index (χ1) is 12.5. The van der Waals surface area contributed by atoms with Gasteiger partial charge in [-0.15, -0.1) is 0 Å². The summed E-state index contributed by atoms with van der Waals surface area (Å²) in [6.45, 7) is 6.77. The van der Waals surface area contributed by atoms with E-state index >= 15 is 0 Å². The van der Waals surface area contributed by atoms with E-state index < -0.39 is 0 Å². The predicted octanol–water partition coefficient (Wildman–Crippen LogP) is 3.31. The molecule has 0 aliphatic heterocycles. The van der Waals surface area contributed by atoms with Gasteiger partial charge in [0.1, 0.15) is 0 Å². The summed E-state index contributed by atoms with van der Waals surface area (Å²) in [6.07, 6.45) is 1.79. The average Bonchev–Trinajstić information content (AvgIpc) is 3.20. The maximum absolute atomic E-state index is 12.6. The van der Waals surface area contributed by atoms with Crippen molar-refractivity contribution in [3.8, 4) is 11.3 Å². The van der Waals surface area contributed by atoms with Gasteiger partial charge in [-0.25, -0.2) is 9.50 Å². The van der Waals surface area contributed by atoms with Gasteiger partial charge in [0.2, 0.25) is 0 Å². The first kappa shape index (κ1) is 16.3. The molecule has 6 heteroatoms. The van der Waals surface area contributed by atoms with Crippen LogP contribution in [0.2, 0.25) is 0 Å². The van der Waals surface area contributed by atoms with Crippen molar-refractivity contribution in [2.75, 3.05) is 0 Å². The fourth-order valence-electron chi connectivity index (χ4n) is 3.25. The molecule has 26 heavy (non-hydrogen) atoms. The quantitative estimate of drug-likeness (QED) is 0.616. The van der Waals surface area contributed by atoms with E-state index in [1.807, 2.05) is 54.9 Å². The fourth-order valence-corrected chi connectivity index (χ4v) is 3.25. The van der Waals surface area contributed by atoms with Gasteiger partial charge in [0.05, 0.1) is 11.4 Å². The molecule has 0 aliphatic carbocycles. The number of hydrogen-bond donors (Lipinski definition) is 1. The normalized spacial score (nSPS) is 12.6. The molecular formula is C20H21N5O. The van der Waals surface area contributed by atoms with Gasteiger partial charge in [-0.05, 0) is 25.5 Å². The van der Waals surface area contributed by atoms with Crippen LogP contribution in [0.5, 0.6) is 0 Å². The Morgan fingerprint density at radius 3 is 2.62 bits per heavy atom. The second kappa shape index (κ2) is 6.29. The highest BCUT2D eigenvalue weighted by Crippen LogP contribution is 2.24. The van der Waals surface area contributed by atoms with Crippen LogP contribution in [0.15, 0.2) is 53.5 Å². The molecule has 6 nitrogen and oxygen atoms in total. The van der Waals surface area contributed by atoms with Gasteiger partial charge in [-0.2, -0.15) is 5.10 Å². The number of aryl methyl sites for hydroxylation is 2. The number of rotatable bonds is 4. The summed E-state index contributed by atoms with van der Waals surface area (Å²) >= 11 is 0. The molecule has 0 radical (unpaired) electrons. The van der Waals surface area contributed by atoms with Gasteiger partial charge >= 0.3 is 0 Å². The summed E-state index contributed by atoms with van der Waals surface area (Å²) in [5, 5.41) is 7.52. The van der Waals surface area contributed by atoms with Gasteiger partial charge in [-0.3, -0.25) is 14.6 Å². The number of hydrogen-bond acceptors (Lipinski definition) is 3. The van der Waals surface area contributed by atoms with Gasteiger partial charge < -0.3 is 0 Å². The van der Waals surface area contributed by atoms with Crippen molar-refractivity contribution in [3.63, 3.8) is 0 Å². The van der Waals surface area contributed by atoms with E-state index in [1.54, 1.807) is 12.3 Å². The highest BCUT2D eigenvalue weighted by Gasteiger charge is 2.16. The summed E-state index contributed by atoms with van der Waals surface area (Å²) in [7, 11) is 0. The van der Waals surface area contributed by atoms with Crippen LogP contribution in [-0.2, 0) is 6.54 Å². The van der Waals surface area contributed by atoms with E-state index in [0.717, 1.165) is 28.2 Å². The molecule has 0 saturated carbocycles. The minimum Gasteiger partial charge on any atom is -0.289 e. The topological polar surface area (TPSA) is 68.0 Å². The summed E-state index contributed by atoms with van der Waals surface area (Å²) < 4.78 is 3.46.